The van der Waals surface area contributed by atoms with Gasteiger partial charge in [0.25, 0.3) is 0 Å². The van der Waals surface area contributed by atoms with E-state index in [1.165, 1.54) is 17.0 Å². The summed E-state index contributed by atoms with van der Waals surface area (Å²) in [7, 11) is 0. The van der Waals surface area contributed by atoms with E-state index in [0.717, 1.165) is 54.1 Å². The molecule has 0 bridgehead atoms. The number of fused-ring (bicyclic) bond motifs is 2. The SMILES string of the molecule is O=CN1CC(CCN2CC=CCC2c2c[nH]c3cc(Cl)ccc23)c2cc(F)ccc21. The van der Waals surface area contributed by atoms with Crippen LogP contribution in [0, 0.1) is 5.82 Å². The number of hydrogen-bond donors (Lipinski definition) is 1. The van der Waals surface area contributed by atoms with Crippen molar-refractivity contribution in [3.8, 4) is 0 Å². The van der Waals surface area contributed by atoms with Gasteiger partial charge < -0.3 is 9.88 Å². The zero-order valence-electron chi connectivity index (χ0n) is 16.5. The summed E-state index contributed by atoms with van der Waals surface area (Å²) in [6, 6.07) is 11.0. The first-order chi connectivity index (χ1) is 14.6. The zero-order valence-corrected chi connectivity index (χ0v) is 17.3. The monoisotopic (exact) mass is 423 g/mol. The smallest absolute Gasteiger partial charge is 0.214 e. The van der Waals surface area contributed by atoms with E-state index in [0.29, 0.717) is 6.54 Å². The number of aromatic amines is 1. The molecule has 1 N–H and O–H groups in total. The van der Waals surface area contributed by atoms with Gasteiger partial charge in [0, 0.05) is 52.9 Å². The van der Waals surface area contributed by atoms with Crippen LogP contribution < -0.4 is 4.90 Å². The number of amides is 1. The summed E-state index contributed by atoms with van der Waals surface area (Å²) in [4.78, 5) is 19.0. The Morgan fingerprint density at radius 2 is 2.07 bits per heavy atom. The van der Waals surface area contributed by atoms with Gasteiger partial charge in [-0.25, -0.2) is 4.39 Å². The van der Waals surface area contributed by atoms with Gasteiger partial charge in [0.15, 0.2) is 0 Å². The molecule has 30 heavy (non-hydrogen) atoms. The molecular weight excluding hydrogens is 401 g/mol. The molecule has 4 nitrogen and oxygen atoms in total. The maximum Gasteiger partial charge on any atom is 0.214 e. The maximum atomic E-state index is 13.8. The number of rotatable bonds is 5. The van der Waals surface area contributed by atoms with Crippen LogP contribution in [0.4, 0.5) is 10.1 Å². The minimum absolute atomic E-state index is 0.147. The summed E-state index contributed by atoms with van der Waals surface area (Å²) in [5.74, 6) is -0.100. The zero-order chi connectivity index (χ0) is 20.7. The summed E-state index contributed by atoms with van der Waals surface area (Å²) < 4.78 is 13.8. The molecule has 0 aliphatic carbocycles. The van der Waals surface area contributed by atoms with Crippen LogP contribution in [0.1, 0.15) is 35.9 Å². The van der Waals surface area contributed by atoms with Gasteiger partial charge in [-0.05, 0) is 60.8 Å². The van der Waals surface area contributed by atoms with Crippen LogP contribution in [0.3, 0.4) is 0 Å². The van der Waals surface area contributed by atoms with Gasteiger partial charge >= 0.3 is 0 Å². The third-order valence-electron chi connectivity index (χ3n) is 6.39. The topological polar surface area (TPSA) is 39.3 Å². The minimum Gasteiger partial charge on any atom is -0.361 e. The predicted molar refractivity (Wildman–Crippen MR) is 119 cm³/mol. The summed E-state index contributed by atoms with van der Waals surface area (Å²) in [5, 5.41) is 1.92. The molecule has 6 heteroatoms. The van der Waals surface area contributed by atoms with E-state index >= 15 is 0 Å². The van der Waals surface area contributed by atoms with Gasteiger partial charge in [0.2, 0.25) is 6.41 Å². The Hall–Kier alpha value is -2.63. The molecule has 2 unspecified atom stereocenters. The second kappa shape index (κ2) is 7.89. The largest absolute Gasteiger partial charge is 0.361 e. The Labute approximate surface area is 179 Å². The quantitative estimate of drug-likeness (QED) is 0.440. The number of hydrogen-bond acceptors (Lipinski definition) is 2. The highest BCUT2D eigenvalue weighted by molar-refractivity contribution is 6.31. The van der Waals surface area contributed by atoms with Crippen molar-refractivity contribution < 1.29 is 9.18 Å². The Bertz CT molecular complexity index is 1120. The molecule has 0 spiro atoms. The van der Waals surface area contributed by atoms with Crippen molar-refractivity contribution in [2.75, 3.05) is 24.5 Å². The molecular formula is C24H23ClFN3O. The lowest BCUT2D eigenvalue weighted by Crippen LogP contribution is -2.33. The standard InChI is InChI=1S/C24H23ClFN3O/c25-17-4-6-19-21(13-27-22(19)11-17)23-3-1-2-9-28(23)10-8-16-14-29(15-30)24-7-5-18(26)12-20(16)24/h1-2,4-7,11-13,15-16,23,27H,3,8-10,14H2. The Kier molecular flexibility index (Phi) is 5.09. The van der Waals surface area contributed by atoms with Crippen molar-refractivity contribution in [2.45, 2.75) is 24.8 Å². The Morgan fingerprint density at radius 1 is 1.17 bits per heavy atom. The highest BCUT2D eigenvalue weighted by Gasteiger charge is 2.30. The molecule has 2 aliphatic heterocycles. The van der Waals surface area contributed by atoms with Gasteiger partial charge in [0.1, 0.15) is 5.82 Å². The van der Waals surface area contributed by atoms with Crippen LogP contribution in [-0.4, -0.2) is 35.9 Å². The van der Waals surface area contributed by atoms with E-state index in [4.69, 9.17) is 11.6 Å². The average molecular weight is 424 g/mol. The number of nitrogens with one attached hydrogen (secondary N) is 1. The van der Waals surface area contributed by atoms with Crippen LogP contribution >= 0.6 is 11.6 Å². The van der Waals surface area contributed by atoms with Crippen LogP contribution in [0.5, 0.6) is 0 Å². The summed E-state index contributed by atoms with van der Waals surface area (Å²) in [6.45, 7) is 2.37. The van der Waals surface area contributed by atoms with Crippen molar-refractivity contribution in [3.05, 3.63) is 76.7 Å². The first-order valence-corrected chi connectivity index (χ1v) is 10.7. The molecule has 1 aromatic heterocycles. The molecule has 2 aromatic carbocycles. The van der Waals surface area contributed by atoms with Crippen LogP contribution in [-0.2, 0) is 4.79 Å². The van der Waals surface area contributed by atoms with E-state index in [9.17, 15) is 9.18 Å². The van der Waals surface area contributed by atoms with Crippen molar-refractivity contribution in [3.63, 3.8) is 0 Å². The Balaban J connectivity index is 1.37. The van der Waals surface area contributed by atoms with Crippen molar-refractivity contribution >= 4 is 34.6 Å². The van der Waals surface area contributed by atoms with Gasteiger partial charge in [-0.2, -0.15) is 0 Å². The molecule has 2 atom stereocenters. The number of benzene rings is 2. The van der Waals surface area contributed by atoms with E-state index in [1.54, 1.807) is 17.0 Å². The van der Waals surface area contributed by atoms with Gasteiger partial charge in [-0.3, -0.25) is 9.69 Å². The molecule has 0 fully saturated rings. The van der Waals surface area contributed by atoms with Crippen molar-refractivity contribution in [2.24, 2.45) is 0 Å². The minimum atomic E-state index is -0.247. The fraction of sp³-hybridized carbons (Fsp3) is 0.292. The number of aromatic nitrogens is 1. The first-order valence-electron chi connectivity index (χ1n) is 10.3. The average Bonchev–Trinajstić information content (AvgIpc) is 3.32. The molecule has 154 valence electrons. The number of anilines is 1. The normalized spacial score (nSPS) is 21.3. The van der Waals surface area contributed by atoms with Gasteiger partial charge in [-0.15, -0.1) is 0 Å². The van der Waals surface area contributed by atoms with Crippen LogP contribution in [0.15, 0.2) is 54.7 Å². The van der Waals surface area contributed by atoms with Crippen LogP contribution in [0.25, 0.3) is 10.9 Å². The van der Waals surface area contributed by atoms with E-state index in [-0.39, 0.29) is 17.8 Å². The van der Waals surface area contributed by atoms with E-state index in [1.807, 2.05) is 12.1 Å². The third kappa shape index (κ3) is 3.42. The number of carbonyl (C=O) groups is 1. The molecule has 1 amide bonds. The van der Waals surface area contributed by atoms with Crippen molar-refractivity contribution in [1.82, 2.24) is 9.88 Å². The molecule has 3 heterocycles. The number of H-pyrrole nitrogens is 1. The summed E-state index contributed by atoms with van der Waals surface area (Å²) >= 11 is 6.14. The molecule has 0 saturated carbocycles. The lowest BCUT2D eigenvalue weighted by molar-refractivity contribution is -0.107. The fourth-order valence-corrected chi connectivity index (χ4v) is 5.07. The summed E-state index contributed by atoms with van der Waals surface area (Å²) in [5.41, 5.74) is 4.10. The molecule has 5 rings (SSSR count). The van der Waals surface area contributed by atoms with Crippen LogP contribution in [0.2, 0.25) is 5.02 Å². The molecule has 3 aromatic rings. The highest BCUT2D eigenvalue weighted by Crippen LogP contribution is 2.39. The first kappa shape index (κ1) is 19.3. The third-order valence-corrected chi connectivity index (χ3v) is 6.62. The second-order valence-corrected chi connectivity index (χ2v) is 8.53. The number of carbonyl (C=O) groups excluding carboxylic acids is 1. The number of halogens is 2. The van der Waals surface area contributed by atoms with E-state index in [2.05, 4.69) is 34.3 Å². The molecule has 2 aliphatic rings. The lowest BCUT2D eigenvalue weighted by Gasteiger charge is -2.33. The molecule has 0 saturated heterocycles. The van der Waals surface area contributed by atoms with Gasteiger partial charge in [0.05, 0.1) is 0 Å². The number of nitrogens with zero attached hydrogens (tertiary/aromatic N) is 2. The highest BCUT2D eigenvalue weighted by atomic mass is 35.5. The lowest BCUT2D eigenvalue weighted by atomic mass is 9.94. The maximum absolute atomic E-state index is 13.8. The molecule has 0 radical (unpaired) electrons. The fourth-order valence-electron chi connectivity index (χ4n) is 4.90. The Morgan fingerprint density at radius 3 is 2.93 bits per heavy atom. The van der Waals surface area contributed by atoms with Gasteiger partial charge in [-0.1, -0.05) is 29.8 Å². The summed E-state index contributed by atoms with van der Waals surface area (Å²) in [6.07, 6.45) is 9.21. The van der Waals surface area contributed by atoms with E-state index < -0.39 is 0 Å². The van der Waals surface area contributed by atoms with Crippen molar-refractivity contribution in [1.29, 1.82) is 0 Å². The second-order valence-electron chi connectivity index (χ2n) is 8.10. The predicted octanol–water partition coefficient (Wildman–Crippen LogP) is 5.41.